The largest absolute Gasteiger partial charge is 0.425 e. The van der Waals surface area contributed by atoms with E-state index in [-0.39, 0.29) is 6.42 Å². The standard InChI is InChI=1S/C8H8F4O2/c1-5(13)14-6-3-2-4-7(9,10)8(6,11)12/h3H,2,4H2,1H3. The fourth-order valence-electron chi connectivity index (χ4n) is 1.11. The van der Waals surface area contributed by atoms with Crippen molar-refractivity contribution in [1.29, 1.82) is 0 Å². The Kier molecular flexibility index (Phi) is 2.56. The lowest BCUT2D eigenvalue weighted by atomic mass is 9.98. The first kappa shape index (κ1) is 11.0. The Morgan fingerprint density at radius 3 is 2.50 bits per heavy atom. The van der Waals surface area contributed by atoms with Gasteiger partial charge in [-0.3, -0.25) is 4.79 Å². The number of alkyl halides is 4. The Balaban J connectivity index is 2.95. The second-order valence-electron chi connectivity index (χ2n) is 2.98. The summed E-state index contributed by atoms with van der Waals surface area (Å²) in [7, 11) is 0. The predicted octanol–water partition coefficient (Wildman–Crippen LogP) is 2.50. The smallest absolute Gasteiger partial charge is 0.366 e. The van der Waals surface area contributed by atoms with Crippen LogP contribution in [0, 0.1) is 0 Å². The van der Waals surface area contributed by atoms with E-state index in [4.69, 9.17) is 0 Å². The molecule has 0 radical (unpaired) electrons. The molecule has 0 bridgehead atoms. The Hall–Kier alpha value is -1.07. The van der Waals surface area contributed by atoms with Crippen molar-refractivity contribution in [3.8, 4) is 0 Å². The number of rotatable bonds is 1. The van der Waals surface area contributed by atoms with Crippen molar-refractivity contribution in [3.05, 3.63) is 11.8 Å². The van der Waals surface area contributed by atoms with E-state index in [9.17, 15) is 22.4 Å². The lowest BCUT2D eigenvalue weighted by molar-refractivity contribution is -0.213. The molecule has 0 aliphatic heterocycles. The molecule has 1 aliphatic carbocycles. The number of hydrogen-bond acceptors (Lipinski definition) is 2. The maximum Gasteiger partial charge on any atom is 0.366 e. The normalized spacial score (nSPS) is 23.9. The van der Waals surface area contributed by atoms with Crippen LogP contribution in [0.3, 0.4) is 0 Å². The fourth-order valence-corrected chi connectivity index (χ4v) is 1.11. The third kappa shape index (κ3) is 1.73. The van der Waals surface area contributed by atoms with Gasteiger partial charge in [-0.1, -0.05) is 0 Å². The Labute approximate surface area is 77.5 Å². The Bertz CT molecular complexity index is 283. The van der Waals surface area contributed by atoms with Crippen molar-refractivity contribution >= 4 is 5.97 Å². The van der Waals surface area contributed by atoms with Gasteiger partial charge in [0.05, 0.1) is 0 Å². The number of ether oxygens (including phenoxy) is 1. The molecule has 0 aromatic heterocycles. The summed E-state index contributed by atoms with van der Waals surface area (Å²) in [4.78, 5) is 10.4. The minimum atomic E-state index is -4.39. The van der Waals surface area contributed by atoms with Crippen LogP contribution in [-0.2, 0) is 9.53 Å². The molecule has 2 nitrogen and oxygen atoms in total. The SMILES string of the molecule is CC(=O)OC1=CCCC(F)(F)C1(F)F. The van der Waals surface area contributed by atoms with E-state index in [0.29, 0.717) is 0 Å². The number of halogens is 4. The molecular weight excluding hydrogens is 204 g/mol. The van der Waals surface area contributed by atoms with Crippen molar-refractivity contribution in [2.45, 2.75) is 31.6 Å². The van der Waals surface area contributed by atoms with Gasteiger partial charge in [-0.25, -0.2) is 0 Å². The number of carbonyl (C=O) groups excluding carboxylic acids is 1. The molecule has 0 aromatic carbocycles. The molecule has 0 heterocycles. The van der Waals surface area contributed by atoms with E-state index < -0.39 is 30.0 Å². The van der Waals surface area contributed by atoms with Crippen molar-refractivity contribution in [2.24, 2.45) is 0 Å². The molecule has 0 aromatic rings. The van der Waals surface area contributed by atoms with Gasteiger partial charge in [-0.15, -0.1) is 0 Å². The van der Waals surface area contributed by atoms with Gasteiger partial charge in [-0.05, 0) is 12.5 Å². The summed E-state index contributed by atoms with van der Waals surface area (Å²) < 4.78 is 55.3. The van der Waals surface area contributed by atoms with Gasteiger partial charge < -0.3 is 4.74 Å². The number of allylic oxidation sites excluding steroid dienone is 2. The van der Waals surface area contributed by atoms with E-state index in [1.807, 2.05) is 0 Å². The molecule has 0 saturated carbocycles. The highest BCUT2D eigenvalue weighted by atomic mass is 19.3. The Morgan fingerprint density at radius 2 is 2.00 bits per heavy atom. The maximum atomic E-state index is 12.9. The monoisotopic (exact) mass is 212 g/mol. The van der Waals surface area contributed by atoms with E-state index in [1.165, 1.54) is 0 Å². The quantitative estimate of drug-likeness (QED) is 0.493. The van der Waals surface area contributed by atoms with Crippen LogP contribution >= 0.6 is 0 Å². The first-order chi connectivity index (χ1) is 6.27. The summed E-state index contributed by atoms with van der Waals surface area (Å²) in [5, 5.41) is 0. The van der Waals surface area contributed by atoms with Crippen LogP contribution in [0.15, 0.2) is 11.8 Å². The molecule has 0 spiro atoms. The van der Waals surface area contributed by atoms with Gasteiger partial charge >= 0.3 is 17.8 Å². The topological polar surface area (TPSA) is 26.3 Å². The summed E-state index contributed by atoms with van der Waals surface area (Å²) in [6.07, 6.45) is -0.352. The van der Waals surface area contributed by atoms with Crippen molar-refractivity contribution in [3.63, 3.8) is 0 Å². The molecule has 0 unspecified atom stereocenters. The van der Waals surface area contributed by atoms with Crippen molar-refractivity contribution in [1.82, 2.24) is 0 Å². The first-order valence-electron chi connectivity index (χ1n) is 3.92. The van der Waals surface area contributed by atoms with Crippen LogP contribution in [-0.4, -0.2) is 17.8 Å². The second-order valence-corrected chi connectivity index (χ2v) is 2.98. The first-order valence-corrected chi connectivity index (χ1v) is 3.92. The zero-order chi connectivity index (χ0) is 11.0. The van der Waals surface area contributed by atoms with Gasteiger partial charge in [0.1, 0.15) is 0 Å². The molecule has 0 N–H and O–H groups in total. The van der Waals surface area contributed by atoms with Crippen LogP contribution in [0.4, 0.5) is 17.6 Å². The number of carbonyl (C=O) groups is 1. The highest BCUT2D eigenvalue weighted by Gasteiger charge is 2.61. The van der Waals surface area contributed by atoms with Crippen molar-refractivity contribution < 1.29 is 27.1 Å². The molecule has 6 heteroatoms. The summed E-state index contributed by atoms with van der Waals surface area (Å²) in [5.41, 5.74) is 0. The minimum absolute atomic E-state index is 0.231. The van der Waals surface area contributed by atoms with E-state index >= 15 is 0 Å². The van der Waals surface area contributed by atoms with Crippen LogP contribution in [0.5, 0.6) is 0 Å². The molecular formula is C8H8F4O2. The second kappa shape index (κ2) is 3.25. The maximum absolute atomic E-state index is 12.9. The van der Waals surface area contributed by atoms with Crippen LogP contribution in [0.1, 0.15) is 19.8 Å². The van der Waals surface area contributed by atoms with Gasteiger partial charge in [0.2, 0.25) is 0 Å². The summed E-state index contributed by atoms with van der Waals surface area (Å²) >= 11 is 0. The molecule has 0 atom stereocenters. The zero-order valence-electron chi connectivity index (χ0n) is 7.32. The van der Waals surface area contributed by atoms with Gasteiger partial charge in [-0.2, -0.15) is 17.6 Å². The molecule has 0 amide bonds. The molecule has 0 saturated heterocycles. The van der Waals surface area contributed by atoms with Crippen LogP contribution in [0.25, 0.3) is 0 Å². The highest BCUT2D eigenvalue weighted by molar-refractivity contribution is 5.67. The van der Waals surface area contributed by atoms with Gasteiger partial charge in [0.15, 0.2) is 5.76 Å². The predicted molar refractivity (Wildman–Crippen MR) is 39.0 cm³/mol. The molecule has 80 valence electrons. The number of hydrogen-bond donors (Lipinski definition) is 0. The minimum Gasteiger partial charge on any atom is -0.425 e. The fraction of sp³-hybridized carbons (Fsp3) is 0.625. The summed E-state index contributed by atoms with van der Waals surface area (Å²) in [5.74, 6) is -10.8. The lowest BCUT2D eigenvalue weighted by Gasteiger charge is -2.30. The van der Waals surface area contributed by atoms with E-state index in [2.05, 4.69) is 4.74 Å². The third-order valence-electron chi connectivity index (χ3n) is 1.81. The number of esters is 1. The van der Waals surface area contributed by atoms with E-state index in [0.717, 1.165) is 13.0 Å². The lowest BCUT2D eigenvalue weighted by Crippen LogP contribution is -2.45. The zero-order valence-corrected chi connectivity index (χ0v) is 7.32. The highest BCUT2D eigenvalue weighted by Crippen LogP contribution is 2.46. The van der Waals surface area contributed by atoms with E-state index in [1.54, 1.807) is 0 Å². The van der Waals surface area contributed by atoms with Gasteiger partial charge in [0, 0.05) is 13.3 Å². The summed E-state index contributed by atoms with van der Waals surface area (Å²) in [6, 6.07) is 0. The van der Waals surface area contributed by atoms with Gasteiger partial charge in [0.25, 0.3) is 0 Å². The molecule has 14 heavy (non-hydrogen) atoms. The van der Waals surface area contributed by atoms with Crippen LogP contribution in [0.2, 0.25) is 0 Å². The molecule has 1 aliphatic rings. The summed E-state index contributed by atoms with van der Waals surface area (Å²) in [6.45, 7) is 0.879. The third-order valence-corrected chi connectivity index (χ3v) is 1.81. The van der Waals surface area contributed by atoms with Crippen LogP contribution < -0.4 is 0 Å². The van der Waals surface area contributed by atoms with Crippen molar-refractivity contribution in [2.75, 3.05) is 0 Å². The molecule has 1 rings (SSSR count). The average Bonchev–Trinajstić information content (AvgIpc) is 1.98. The average molecular weight is 212 g/mol. The molecule has 0 fully saturated rings. The Morgan fingerprint density at radius 1 is 1.43 bits per heavy atom.